The van der Waals surface area contributed by atoms with Crippen LogP contribution in [0.3, 0.4) is 0 Å². The molecular formula is C22H21BrN2O4. The van der Waals surface area contributed by atoms with Crippen molar-refractivity contribution in [2.75, 3.05) is 31.7 Å². The lowest BCUT2D eigenvalue weighted by atomic mass is 10.1. The van der Waals surface area contributed by atoms with Crippen LogP contribution in [0.15, 0.2) is 53.0 Å². The monoisotopic (exact) mass is 456 g/mol. The van der Waals surface area contributed by atoms with E-state index in [4.69, 9.17) is 9.47 Å². The average molecular weight is 457 g/mol. The minimum absolute atomic E-state index is 0.0769. The van der Waals surface area contributed by atoms with Gasteiger partial charge in [-0.25, -0.2) is 0 Å². The standard InChI is InChI=1S/C22H21BrN2O4/c1-28-19-8-5-7-18(14-19)25-15-16(12-21(25)26)22(27)24-10-2-3-11-29-20-9-4-6-17(23)13-20/h4-9,13-14,16H,10-12,15H2,1H3,(H,24,27). The van der Waals surface area contributed by atoms with Crippen LogP contribution < -0.4 is 19.7 Å². The number of carbonyl (C=O) groups excluding carboxylic acids is 2. The molecule has 150 valence electrons. The van der Waals surface area contributed by atoms with Crippen LogP contribution in [0.1, 0.15) is 6.42 Å². The van der Waals surface area contributed by atoms with Crippen LogP contribution >= 0.6 is 15.9 Å². The van der Waals surface area contributed by atoms with Gasteiger partial charge in [0, 0.05) is 29.2 Å². The molecule has 29 heavy (non-hydrogen) atoms. The fourth-order valence-electron chi connectivity index (χ4n) is 2.98. The van der Waals surface area contributed by atoms with Crippen LogP contribution in [-0.4, -0.2) is 38.6 Å². The van der Waals surface area contributed by atoms with Crippen LogP contribution in [0.4, 0.5) is 5.69 Å². The molecule has 2 aromatic carbocycles. The number of anilines is 1. The molecule has 0 saturated carbocycles. The number of amides is 2. The van der Waals surface area contributed by atoms with Crippen molar-refractivity contribution in [2.45, 2.75) is 6.42 Å². The maximum Gasteiger partial charge on any atom is 0.227 e. The number of benzene rings is 2. The van der Waals surface area contributed by atoms with Gasteiger partial charge in [0.05, 0.1) is 19.6 Å². The first-order valence-electron chi connectivity index (χ1n) is 9.13. The summed E-state index contributed by atoms with van der Waals surface area (Å²) in [5, 5.41) is 2.77. The van der Waals surface area contributed by atoms with Gasteiger partial charge in [-0.1, -0.05) is 39.9 Å². The summed E-state index contributed by atoms with van der Waals surface area (Å²) in [6.45, 7) is 0.791. The normalized spacial score (nSPS) is 15.4. The number of nitrogens with zero attached hydrogens (tertiary/aromatic N) is 1. The summed E-state index contributed by atoms with van der Waals surface area (Å²) >= 11 is 3.38. The molecule has 1 N–H and O–H groups in total. The van der Waals surface area contributed by atoms with E-state index in [1.807, 2.05) is 42.5 Å². The number of rotatable bonds is 6. The van der Waals surface area contributed by atoms with Gasteiger partial charge in [0.25, 0.3) is 0 Å². The number of nitrogens with one attached hydrogen (secondary N) is 1. The highest BCUT2D eigenvalue weighted by atomic mass is 79.9. The topological polar surface area (TPSA) is 67.9 Å². The van der Waals surface area contributed by atoms with Gasteiger partial charge in [0.1, 0.15) is 18.1 Å². The molecular weight excluding hydrogens is 436 g/mol. The van der Waals surface area contributed by atoms with Crippen molar-refractivity contribution in [3.63, 3.8) is 0 Å². The first-order chi connectivity index (χ1) is 14.1. The predicted octanol–water partition coefficient (Wildman–Crippen LogP) is 3.01. The molecule has 1 heterocycles. The van der Waals surface area contributed by atoms with Gasteiger partial charge in [-0.2, -0.15) is 0 Å². The fraction of sp³-hybridized carbons (Fsp3) is 0.273. The Hall–Kier alpha value is -2.98. The van der Waals surface area contributed by atoms with Crippen molar-refractivity contribution in [1.29, 1.82) is 0 Å². The molecule has 0 aromatic heterocycles. The zero-order valence-corrected chi connectivity index (χ0v) is 17.6. The molecule has 1 unspecified atom stereocenters. The van der Waals surface area contributed by atoms with E-state index < -0.39 is 5.92 Å². The van der Waals surface area contributed by atoms with E-state index in [0.29, 0.717) is 12.3 Å². The van der Waals surface area contributed by atoms with E-state index in [9.17, 15) is 9.59 Å². The molecule has 0 aliphatic carbocycles. The van der Waals surface area contributed by atoms with E-state index in [1.165, 1.54) is 0 Å². The lowest BCUT2D eigenvalue weighted by Gasteiger charge is -2.17. The molecule has 1 atom stereocenters. The van der Waals surface area contributed by atoms with Crippen LogP contribution in [0.5, 0.6) is 11.5 Å². The Balaban J connectivity index is 1.45. The fourth-order valence-corrected chi connectivity index (χ4v) is 3.35. The highest BCUT2D eigenvalue weighted by molar-refractivity contribution is 9.10. The molecule has 1 saturated heterocycles. The SMILES string of the molecule is COc1cccc(N2CC(C(=O)NCC#CCOc3cccc(Br)c3)CC2=O)c1. The highest BCUT2D eigenvalue weighted by Gasteiger charge is 2.35. The molecule has 2 aromatic rings. The van der Waals surface area contributed by atoms with Gasteiger partial charge < -0.3 is 19.7 Å². The summed E-state index contributed by atoms with van der Waals surface area (Å²) in [4.78, 5) is 26.3. The second-order valence-electron chi connectivity index (χ2n) is 6.42. The smallest absolute Gasteiger partial charge is 0.227 e. The molecule has 0 bridgehead atoms. The first-order valence-corrected chi connectivity index (χ1v) is 9.92. The third-order valence-corrected chi connectivity index (χ3v) is 4.94. The number of ether oxygens (including phenoxy) is 2. The van der Waals surface area contributed by atoms with Crippen LogP contribution in [0.2, 0.25) is 0 Å². The molecule has 2 amide bonds. The Bertz CT molecular complexity index is 951. The van der Waals surface area contributed by atoms with E-state index in [-0.39, 0.29) is 31.4 Å². The molecule has 0 radical (unpaired) electrons. The number of hydrogen-bond donors (Lipinski definition) is 1. The maximum absolute atomic E-state index is 12.4. The summed E-state index contributed by atoms with van der Waals surface area (Å²) in [5.41, 5.74) is 0.731. The van der Waals surface area contributed by atoms with Crippen LogP contribution in [0, 0.1) is 17.8 Å². The molecule has 1 aliphatic heterocycles. The second-order valence-corrected chi connectivity index (χ2v) is 7.34. The Labute approximate surface area is 178 Å². The van der Waals surface area contributed by atoms with Gasteiger partial charge >= 0.3 is 0 Å². The van der Waals surface area contributed by atoms with Crippen molar-refractivity contribution < 1.29 is 19.1 Å². The van der Waals surface area contributed by atoms with Crippen molar-refractivity contribution in [2.24, 2.45) is 5.92 Å². The van der Waals surface area contributed by atoms with Crippen molar-refractivity contribution in [3.05, 3.63) is 53.0 Å². The zero-order chi connectivity index (χ0) is 20.6. The largest absolute Gasteiger partial charge is 0.497 e. The molecule has 1 aliphatic rings. The molecule has 0 spiro atoms. The third-order valence-electron chi connectivity index (χ3n) is 4.44. The highest BCUT2D eigenvalue weighted by Crippen LogP contribution is 2.27. The van der Waals surface area contributed by atoms with E-state index >= 15 is 0 Å². The van der Waals surface area contributed by atoms with Crippen LogP contribution in [-0.2, 0) is 9.59 Å². The summed E-state index contributed by atoms with van der Waals surface area (Å²) in [7, 11) is 1.58. The lowest BCUT2D eigenvalue weighted by Crippen LogP contribution is -2.33. The summed E-state index contributed by atoms with van der Waals surface area (Å²) in [6.07, 6.45) is 0.183. The quantitative estimate of drug-likeness (QED) is 0.678. The third kappa shape index (κ3) is 5.75. The molecule has 1 fully saturated rings. The van der Waals surface area contributed by atoms with Crippen molar-refractivity contribution in [3.8, 4) is 23.3 Å². The van der Waals surface area contributed by atoms with E-state index in [0.717, 1.165) is 15.9 Å². The Morgan fingerprint density at radius 3 is 2.79 bits per heavy atom. The van der Waals surface area contributed by atoms with E-state index in [2.05, 4.69) is 33.1 Å². The van der Waals surface area contributed by atoms with Gasteiger partial charge in [-0.15, -0.1) is 0 Å². The minimum Gasteiger partial charge on any atom is -0.497 e. The molecule has 3 rings (SSSR count). The summed E-state index contributed by atoms with van der Waals surface area (Å²) in [5.74, 6) is 6.47. The summed E-state index contributed by atoms with van der Waals surface area (Å²) < 4.78 is 11.6. The molecule has 7 heteroatoms. The van der Waals surface area contributed by atoms with Gasteiger partial charge in [-0.05, 0) is 30.3 Å². The van der Waals surface area contributed by atoms with Crippen LogP contribution in [0.25, 0.3) is 0 Å². The van der Waals surface area contributed by atoms with Gasteiger partial charge in [0.2, 0.25) is 11.8 Å². The zero-order valence-electron chi connectivity index (χ0n) is 16.0. The van der Waals surface area contributed by atoms with Gasteiger partial charge in [0.15, 0.2) is 0 Å². The predicted molar refractivity (Wildman–Crippen MR) is 114 cm³/mol. The lowest BCUT2D eigenvalue weighted by molar-refractivity contribution is -0.126. The number of methoxy groups -OCH3 is 1. The van der Waals surface area contributed by atoms with Crippen molar-refractivity contribution >= 4 is 33.4 Å². The molecule has 6 nitrogen and oxygen atoms in total. The van der Waals surface area contributed by atoms with Gasteiger partial charge in [-0.3, -0.25) is 9.59 Å². The first kappa shape index (κ1) is 20.7. The second kappa shape index (κ2) is 9.99. The average Bonchev–Trinajstić information content (AvgIpc) is 3.12. The summed E-state index contributed by atoms with van der Waals surface area (Å²) in [6, 6.07) is 14.7. The Morgan fingerprint density at radius 1 is 1.21 bits per heavy atom. The minimum atomic E-state index is -0.395. The number of halogens is 1. The Morgan fingerprint density at radius 2 is 2.00 bits per heavy atom. The maximum atomic E-state index is 12.4. The van der Waals surface area contributed by atoms with E-state index in [1.54, 1.807) is 18.1 Å². The Kier molecular flexibility index (Phi) is 7.14. The van der Waals surface area contributed by atoms with Crippen molar-refractivity contribution in [1.82, 2.24) is 5.32 Å². The number of carbonyl (C=O) groups is 2. The number of hydrogen-bond acceptors (Lipinski definition) is 4.